The number of phenolic OH excluding ortho intramolecular Hbond substituents is 1. The Morgan fingerprint density at radius 1 is 1.57 bits per heavy atom. The molecular weight excluding hydrogens is 176 g/mol. The van der Waals surface area contributed by atoms with Crippen LogP contribution in [-0.4, -0.2) is 23.6 Å². The lowest BCUT2D eigenvalue weighted by Crippen LogP contribution is -2.09. The first-order chi connectivity index (χ1) is 8.31. The molecule has 1 aromatic heterocycles. The minimum Gasteiger partial charge on any atom is -0.507 e. The molecule has 0 bridgehead atoms. The average molecular weight is 194 g/mol. The van der Waals surface area contributed by atoms with Crippen LogP contribution in [0.1, 0.15) is 11.0 Å². The van der Waals surface area contributed by atoms with Gasteiger partial charge in [-0.2, -0.15) is 0 Å². The van der Waals surface area contributed by atoms with Crippen LogP contribution in [-0.2, 0) is 6.37 Å². The van der Waals surface area contributed by atoms with Gasteiger partial charge in [0.1, 0.15) is 5.75 Å². The van der Waals surface area contributed by atoms with Crippen LogP contribution in [0.4, 0.5) is 0 Å². The van der Waals surface area contributed by atoms with Crippen molar-refractivity contribution in [2.75, 3.05) is 13.5 Å². The number of fused-ring (bicyclic) bond motifs is 1. The molecule has 1 aromatic carbocycles. The second-order valence-electron chi connectivity index (χ2n) is 2.90. The Hall–Kier alpha value is -1.48. The van der Waals surface area contributed by atoms with Crippen LogP contribution in [0.15, 0.2) is 24.4 Å². The fraction of sp³-hybridized carbons (Fsp3) is 0.273. The summed E-state index contributed by atoms with van der Waals surface area (Å²) in [7, 11) is 1.35. The average Bonchev–Trinajstić information content (AvgIpc) is 2.74. The predicted molar refractivity (Wildman–Crippen MR) is 57.6 cm³/mol. The lowest BCUT2D eigenvalue weighted by molar-refractivity contribution is 0.481. The third-order valence-corrected chi connectivity index (χ3v) is 2.01. The van der Waals surface area contributed by atoms with Gasteiger partial charge < -0.3 is 15.4 Å². The maximum Gasteiger partial charge on any atom is 0.125 e. The Balaban J connectivity index is 2.68. The van der Waals surface area contributed by atoms with Gasteiger partial charge in [0.2, 0.25) is 0 Å². The van der Waals surface area contributed by atoms with Crippen molar-refractivity contribution in [3.63, 3.8) is 0 Å². The van der Waals surface area contributed by atoms with Crippen molar-refractivity contribution in [1.82, 2.24) is 10.3 Å². The van der Waals surface area contributed by atoms with Gasteiger partial charge in [-0.25, -0.2) is 0 Å². The number of hydrogen-bond donors (Lipinski definition) is 3. The van der Waals surface area contributed by atoms with Crippen molar-refractivity contribution >= 4 is 10.9 Å². The lowest BCUT2D eigenvalue weighted by Gasteiger charge is -2.00. The van der Waals surface area contributed by atoms with Gasteiger partial charge >= 0.3 is 0 Å². The summed E-state index contributed by atoms with van der Waals surface area (Å²) in [6.45, 7) is -2.25. The van der Waals surface area contributed by atoms with Crippen LogP contribution < -0.4 is 5.32 Å². The van der Waals surface area contributed by atoms with Crippen LogP contribution in [0.25, 0.3) is 10.9 Å². The van der Waals surface area contributed by atoms with E-state index >= 15 is 0 Å². The number of aryl methyl sites for hydroxylation is 1. The normalized spacial score (nSPS) is 17.2. The van der Waals surface area contributed by atoms with Crippen LogP contribution in [0, 0.1) is 0 Å². The maximum atomic E-state index is 9.81. The van der Waals surface area contributed by atoms with Gasteiger partial charge in [0, 0.05) is 22.6 Å². The molecule has 74 valence electrons. The van der Waals surface area contributed by atoms with Crippen molar-refractivity contribution in [1.29, 1.82) is 0 Å². The lowest BCUT2D eigenvalue weighted by atomic mass is 10.1. The number of aromatic hydroxyl groups is 1. The molecule has 3 N–H and O–H groups in total. The molecular formula is C11H14N2O. The first kappa shape index (κ1) is 5.41. The Morgan fingerprint density at radius 2 is 2.43 bits per heavy atom. The Labute approximate surface area is 88.4 Å². The van der Waals surface area contributed by atoms with E-state index in [9.17, 15) is 5.11 Å². The molecule has 14 heavy (non-hydrogen) atoms. The zero-order chi connectivity index (χ0) is 13.6. The summed E-state index contributed by atoms with van der Waals surface area (Å²) < 4.78 is 31.3. The summed E-state index contributed by atoms with van der Waals surface area (Å²) in [4.78, 5) is 2.84. The van der Waals surface area contributed by atoms with Gasteiger partial charge in [-0.3, -0.25) is 0 Å². The summed E-state index contributed by atoms with van der Waals surface area (Å²) >= 11 is 0. The highest BCUT2D eigenvalue weighted by Gasteiger charge is 2.06. The molecule has 0 atom stereocenters. The maximum absolute atomic E-state index is 9.81. The van der Waals surface area contributed by atoms with E-state index < -0.39 is 12.9 Å². The van der Waals surface area contributed by atoms with Crippen LogP contribution in [0.2, 0.25) is 0 Å². The molecule has 0 aliphatic rings. The van der Waals surface area contributed by atoms with E-state index in [1.165, 1.54) is 19.3 Å². The van der Waals surface area contributed by atoms with Gasteiger partial charge in [0.05, 0.1) is 0 Å². The monoisotopic (exact) mass is 194 g/mol. The summed E-state index contributed by atoms with van der Waals surface area (Å²) in [5.41, 5.74) is 0.663. The number of aromatic amines is 1. The summed E-state index contributed by atoms with van der Waals surface area (Å²) in [5, 5.41) is 12.4. The highest BCUT2D eigenvalue weighted by Crippen LogP contribution is 2.27. The van der Waals surface area contributed by atoms with Crippen LogP contribution in [0.3, 0.4) is 0 Å². The minimum atomic E-state index is -2.28. The topological polar surface area (TPSA) is 48.0 Å². The second kappa shape index (κ2) is 3.72. The zero-order valence-electron chi connectivity index (χ0n) is 11.8. The molecule has 0 radical (unpaired) electrons. The number of H-pyrrole nitrogens is 1. The van der Waals surface area contributed by atoms with Gasteiger partial charge in [-0.05, 0) is 37.6 Å². The molecule has 0 unspecified atom stereocenters. The molecule has 0 aliphatic carbocycles. The Morgan fingerprint density at radius 3 is 3.21 bits per heavy atom. The number of nitrogens with one attached hydrogen (secondary N) is 2. The van der Waals surface area contributed by atoms with Gasteiger partial charge in [-0.15, -0.1) is 0 Å². The first-order valence-electron chi connectivity index (χ1n) is 6.29. The van der Waals surface area contributed by atoms with Gasteiger partial charge in [-0.1, -0.05) is 6.07 Å². The van der Waals surface area contributed by atoms with Crippen molar-refractivity contribution in [2.45, 2.75) is 6.37 Å². The quantitative estimate of drug-likeness (QED) is 0.695. The molecule has 0 spiro atoms. The molecule has 0 amide bonds. The molecule has 0 fully saturated rings. The third-order valence-electron chi connectivity index (χ3n) is 2.01. The number of benzene rings is 1. The fourth-order valence-corrected chi connectivity index (χ4v) is 1.39. The molecule has 1 heterocycles. The van der Waals surface area contributed by atoms with E-state index in [4.69, 9.17) is 5.48 Å². The number of likely N-dealkylation sites (N-methyl/N-ethyl adjacent to an activating group) is 1. The first-order valence-corrected chi connectivity index (χ1v) is 4.29. The van der Waals surface area contributed by atoms with E-state index in [0.717, 1.165) is 0 Å². The Kier molecular flexibility index (Phi) is 1.44. The van der Waals surface area contributed by atoms with E-state index in [0.29, 0.717) is 10.9 Å². The minimum absolute atomic E-state index is 0.0699. The molecule has 2 aromatic rings. The summed E-state index contributed by atoms with van der Waals surface area (Å²) in [6, 6.07) is 4.79. The largest absolute Gasteiger partial charge is 0.507 e. The Bertz CT molecular complexity index is 579. The highest BCUT2D eigenvalue weighted by atomic mass is 16.3. The van der Waals surface area contributed by atoms with E-state index in [1.54, 1.807) is 12.1 Å². The second-order valence-corrected chi connectivity index (χ2v) is 2.90. The van der Waals surface area contributed by atoms with Crippen LogP contribution >= 0.6 is 0 Å². The van der Waals surface area contributed by atoms with Crippen molar-refractivity contribution < 1.29 is 10.6 Å². The number of aromatic nitrogens is 1. The molecule has 2 rings (SSSR count). The van der Waals surface area contributed by atoms with E-state index in [2.05, 4.69) is 10.3 Å². The third kappa shape index (κ3) is 1.46. The molecule has 0 saturated carbocycles. The van der Waals surface area contributed by atoms with Crippen molar-refractivity contribution in [2.24, 2.45) is 0 Å². The standard InChI is InChI=1S/C11H14N2O/c1-12-6-5-8-7-13-9-3-2-4-10(14)11(8)9/h2-4,7,12-14H,5-6H2,1H3/i5D2,6D2. The van der Waals surface area contributed by atoms with Crippen molar-refractivity contribution in [3.8, 4) is 5.75 Å². The molecule has 0 saturated heterocycles. The van der Waals surface area contributed by atoms with E-state index in [1.807, 2.05) is 0 Å². The van der Waals surface area contributed by atoms with Crippen molar-refractivity contribution in [3.05, 3.63) is 30.0 Å². The molecule has 3 nitrogen and oxygen atoms in total. The highest BCUT2D eigenvalue weighted by molar-refractivity contribution is 5.88. The van der Waals surface area contributed by atoms with Gasteiger partial charge in [0.15, 0.2) is 0 Å². The summed E-state index contributed by atoms with van der Waals surface area (Å²) in [5.74, 6) is -0.0699. The van der Waals surface area contributed by atoms with E-state index in [-0.39, 0.29) is 11.3 Å². The molecule has 3 heteroatoms. The smallest absolute Gasteiger partial charge is 0.125 e. The number of hydrogen-bond acceptors (Lipinski definition) is 2. The fourth-order valence-electron chi connectivity index (χ4n) is 1.39. The van der Waals surface area contributed by atoms with Gasteiger partial charge in [0.25, 0.3) is 0 Å². The number of rotatable bonds is 3. The zero-order valence-corrected chi connectivity index (χ0v) is 7.76. The SMILES string of the molecule is [2H]C([2H])(NC)C([2H])([2H])c1c[nH]c2cccc(O)c12. The summed E-state index contributed by atoms with van der Waals surface area (Å²) in [6.07, 6.45) is -0.890. The number of phenols is 1. The van der Waals surface area contributed by atoms with Crippen LogP contribution in [0.5, 0.6) is 5.75 Å². The molecule has 0 aliphatic heterocycles. The predicted octanol–water partition coefficient (Wildman–Crippen LogP) is 1.64.